The van der Waals surface area contributed by atoms with Gasteiger partial charge in [-0.15, -0.1) is 12.4 Å². The lowest BCUT2D eigenvalue weighted by Crippen LogP contribution is -2.39. The molecule has 5 nitrogen and oxygen atoms in total. The number of hydrogen-bond acceptors (Lipinski definition) is 4. The summed E-state index contributed by atoms with van der Waals surface area (Å²) in [5.41, 5.74) is 0. The number of ether oxygens (including phenoxy) is 1. The van der Waals surface area contributed by atoms with Crippen molar-refractivity contribution < 1.29 is 13.2 Å². The van der Waals surface area contributed by atoms with Crippen molar-refractivity contribution in [1.82, 2.24) is 10.0 Å². The third-order valence-corrected chi connectivity index (χ3v) is 4.71. The fourth-order valence-electron chi connectivity index (χ4n) is 2.24. The average Bonchev–Trinajstić information content (AvgIpc) is 2.85. The molecular formula is C10H21ClN2O3S. The van der Waals surface area contributed by atoms with Crippen molar-refractivity contribution >= 4 is 22.4 Å². The van der Waals surface area contributed by atoms with Gasteiger partial charge in [-0.05, 0) is 31.7 Å². The molecule has 2 atom stereocenters. The molecule has 7 heteroatoms. The highest BCUT2D eigenvalue weighted by Gasteiger charge is 2.24. The first-order valence-corrected chi connectivity index (χ1v) is 7.59. The number of sulfonamides is 1. The summed E-state index contributed by atoms with van der Waals surface area (Å²) < 4.78 is 31.4. The van der Waals surface area contributed by atoms with E-state index in [1.165, 1.54) is 0 Å². The molecule has 102 valence electrons. The van der Waals surface area contributed by atoms with Crippen LogP contribution < -0.4 is 10.0 Å². The van der Waals surface area contributed by atoms with Crippen LogP contribution in [0.2, 0.25) is 0 Å². The minimum absolute atomic E-state index is 0. The summed E-state index contributed by atoms with van der Waals surface area (Å²) >= 11 is 0. The predicted octanol–water partition coefficient (Wildman–Crippen LogP) is 0.116. The number of halogens is 1. The van der Waals surface area contributed by atoms with E-state index < -0.39 is 10.0 Å². The number of nitrogens with one attached hydrogen (secondary N) is 2. The molecule has 2 rings (SSSR count). The standard InChI is InChI=1S/C10H20N2O3S.ClH/c13-16(14,8-9-3-5-15-7-9)12-6-10-2-1-4-11-10;/h9-12H,1-8H2;1H. The van der Waals surface area contributed by atoms with Gasteiger partial charge in [0.2, 0.25) is 10.0 Å². The van der Waals surface area contributed by atoms with Crippen LogP contribution in [0.4, 0.5) is 0 Å². The van der Waals surface area contributed by atoms with Gasteiger partial charge in [0.05, 0.1) is 12.4 Å². The summed E-state index contributed by atoms with van der Waals surface area (Å²) in [7, 11) is -3.12. The van der Waals surface area contributed by atoms with Crippen molar-refractivity contribution in [2.45, 2.75) is 25.3 Å². The first-order valence-electron chi connectivity index (χ1n) is 5.94. The van der Waals surface area contributed by atoms with Gasteiger partial charge in [-0.3, -0.25) is 0 Å². The minimum atomic E-state index is -3.12. The number of hydrogen-bond donors (Lipinski definition) is 2. The topological polar surface area (TPSA) is 67.4 Å². The summed E-state index contributed by atoms with van der Waals surface area (Å²) in [5, 5.41) is 3.27. The molecular weight excluding hydrogens is 264 g/mol. The highest BCUT2D eigenvalue weighted by molar-refractivity contribution is 7.89. The molecule has 0 aromatic rings. The molecule has 2 aliphatic rings. The lowest BCUT2D eigenvalue weighted by atomic mass is 10.2. The van der Waals surface area contributed by atoms with Crippen LogP contribution in [0.3, 0.4) is 0 Å². The molecule has 2 unspecified atom stereocenters. The molecule has 0 spiro atoms. The van der Waals surface area contributed by atoms with Gasteiger partial charge in [-0.25, -0.2) is 13.1 Å². The van der Waals surface area contributed by atoms with Gasteiger partial charge in [0.1, 0.15) is 0 Å². The maximum absolute atomic E-state index is 11.7. The second-order valence-corrected chi connectivity index (χ2v) is 6.50. The third-order valence-electron chi connectivity index (χ3n) is 3.19. The lowest BCUT2D eigenvalue weighted by Gasteiger charge is -2.13. The van der Waals surface area contributed by atoms with Crippen LogP contribution >= 0.6 is 12.4 Å². The van der Waals surface area contributed by atoms with Crippen LogP contribution in [0.5, 0.6) is 0 Å². The fourth-order valence-corrected chi connectivity index (χ4v) is 3.70. The average molecular weight is 285 g/mol. The molecule has 2 heterocycles. The summed E-state index contributed by atoms with van der Waals surface area (Å²) in [6.07, 6.45) is 3.07. The van der Waals surface area contributed by atoms with Crippen LogP contribution in [0.1, 0.15) is 19.3 Å². The summed E-state index contributed by atoms with van der Waals surface area (Å²) in [5.74, 6) is 0.383. The monoisotopic (exact) mass is 284 g/mol. The molecule has 0 aromatic carbocycles. The Balaban J connectivity index is 0.00000144. The van der Waals surface area contributed by atoms with E-state index in [1.807, 2.05) is 0 Å². The van der Waals surface area contributed by atoms with Crippen LogP contribution in [-0.2, 0) is 14.8 Å². The zero-order chi connectivity index (χ0) is 11.4. The number of rotatable bonds is 5. The molecule has 2 aliphatic heterocycles. The van der Waals surface area contributed by atoms with Crippen LogP contribution in [0.15, 0.2) is 0 Å². The lowest BCUT2D eigenvalue weighted by molar-refractivity contribution is 0.188. The smallest absolute Gasteiger partial charge is 0.212 e. The van der Waals surface area contributed by atoms with Gasteiger partial charge in [-0.1, -0.05) is 0 Å². The van der Waals surface area contributed by atoms with E-state index in [4.69, 9.17) is 4.74 Å². The highest BCUT2D eigenvalue weighted by atomic mass is 35.5. The first kappa shape index (κ1) is 15.2. The Labute approximate surface area is 109 Å². The fraction of sp³-hybridized carbons (Fsp3) is 1.00. The molecule has 0 aliphatic carbocycles. The SMILES string of the molecule is Cl.O=S(=O)(CC1CCOC1)NCC1CCCN1. The predicted molar refractivity (Wildman–Crippen MR) is 69.0 cm³/mol. The van der Waals surface area contributed by atoms with Crippen LogP contribution in [0, 0.1) is 5.92 Å². The van der Waals surface area contributed by atoms with Crippen molar-refractivity contribution in [1.29, 1.82) is 0 Å². The normalized spacial score (nSPS) is 29.2. The zero-order valence-corrected chi connectivity index (χ0v) is 11.5. The maximum Gasteiger partial charge on any atom is 0.212 e. The molecule has 0 amide bonds. The van der Waals surface area contributed by atoms with Gasteiger partial charge < -0.3 is 10.1 Å². The summed E-state index contributed by atoms with van der Waals surface area (Å²) in [6.45, 7) is 2.81. The van der Waals surface area contributed by atoms with E-state index >= 15 is 0 Å². The van der Waals surface area contributed by atoms with Crippen LogP contribution in [0.25, 0.3) is 0 Å². The molecule has 2 fully saturated rings. The molecule has 0 bridgehead atoms. The summed E-state index contributed by atoms with van der Waals surface area (Å²) in [4.78, 5) is 0. The van der Waals surface area contributed by atoms with Crippen molar-refractivity contribution in [3.05, 3.63) is 0 Å². The Hall–Kier alpha value is 0.120. The molecule has 2 N–H and O–H groups in total. The third kappa shape index (κ3) is 5.09. The Bertz CT molecular complexity index is 312. The molecule has 17 heavy (non-hydrogen) atoms. The van der Waals surface area contributed by atoms with Gasteiger partial charge in [0.15, 0.2) is 0 Å². The minimum Gasteiger partial charge on any atom is -0.381 e. The second-order valence-electron chi connectivity index (χ2n) is 4.65. The zero-order valence-electron chi connectivity index (χ0n) is 9.85. The summed E-state index contributed by atoms with van der Waals surface area (Å²) in [6, 6.07) is 0.314. The molecule has 0 aromatic heterocycles. The van der Waals surface area contributed by atoms with Crippen molar-refractivity contribution in [3.8, 4) is 0 Å². The van der Waals surface area contributed by atoms with Gasteiger partial charge in [0, 0.05) is 19.2 Å². The molecule has 0 saturated carbocycles. The van der Waals surface area contributed by atoms with E-state index in [0.29, 0.717) is 25.8 Å². The second kappa shape index (κ2) is 6.89. The van der Waals surface area contributed by atoms with Gasteiger partial charge >= 0.3 is 0 Å². The van der Waals surface area contributed by atoms with Gasteiger partial charge in [-0.2, -0.15) is 0 Å². The van der Waals surface area contributed by atoms with E-state index in [-0.39, 0.29) is 24.1 Å². The van der Waals surface area contributed by atoms with E-state index in [2.05, 4.69) is 10.0 Å². The Morgan fingerprint density at radius 3 is 2.76 bits per heavy atom. The first-order chi connectivity index (χ1) is 7.66. The van der Waals surface area contributed by atoms with E-state index in [0.717, 1.165) is 25.8 Å². The molecule has 2 saturated heterocycles. The van der Waals surface area contributed by atoms with Gasteiger partial charge in [0.25, 0.3) is 0 Å². The van der Waals surface area contributed by atoms with Crippen molar-refractivity contribution in [3.63, 3.8) is 0 Å². The van der Waals surface area contributed by atoms with E-state index in [9.17, 15) is 8.42 Å². The largest absolute Gasteiger partial charge is 0.381 e. The maximum atomic E-state index is 11.7. The molecule has 0 radical (unpaired) electrons. The quantitative estimate of drug-likeness (QED) is 0.752. The highest BCUT2D eigenvalue weighted by Crippen LogP contribution is 2.14. The van der Waals surface area contributed by atoms with Crippen LogP contribution in [-0.4, -0.2) is 46.5 Å². The van der Waals surface area contributed by atoms with Crippen molar-refractivity contribution in [2.75, 3.05) is 32.1 Å². The Morgan fingerprint density at radius 1 is 1.35 bits per heavy atom. The Morgan fingerprint density at radius 2 is 2.18 bits per heavy atom. The Kier molecular flexibility index (Phi) is 6.16. The van der Waals surface area contributed by atoms with Crippen molar-refractivity contribution in [2.24, 2.45) is 5.92 Å². The van der Waals surface area contributed by atoms with E-state index in [1.54, 1.807) is 0 Å².